The number of amides is 1. The van der Waals surface area contributed by atoms with Gasteiger partial charge in [0.15, 0.2) is 0 Å². The third-order valence-electron chi connectivity index (χ3n) is 5.69. The standard InChI is InChI=1S/C23H26ClN3O/c1-2-22(28)26-19-6-3-5-17(13-19)16-9-11-27(12-10-16)15-18-14-25-23-20(18)7-4-8-21(23)24/h3-8,13-14,16,25H,2,9-12,15H2,1H3,(H,26,28). The predicted molar refractivity (Wildman–Crippen MR) is 116 cm³/mol. The summed E-state index contributed by atoms with van der Waals surface area (Å²) in [5.41, 5.74) is 4.56. The summed E-state index contributed by atoms with van der Waals surface area (Å²) < 4.78 is 0. The molecule has 0 spiro atoms. The molecule has 2 N–H and O–H groups in total. The maximum absolute atomic E-state index is 11.6. The molecule has 1 saturated heterocycles. The highest BCUT2D eigenvalue weighted by molar-refractivity contribution is 6.35. The van der Waals surface area contributed by atoms with Crippen molar-refractivity contribution in [3.8, 4) is 0 Å². The average molecular weight is 396 g/mol. The fraction of sp³-hybridized carbons (Fsp3) is 0.348. The Morgan fingerprint density at radius 2 is 2.00 bits per heavy atom. The Kier molecular flexibility index (Phi) is 5.69. The Hall–Kier alpha value is -2.30. The number of nitrogens with zero attached hydrogens (tertiary/aromatic N) is 1. The van der Waals surface area contributed by atoms with Crippen LogP contribution in [0.25, 0.3) is 10.9 Å². The van der Waals surface area contributed by atoms with Crippen molar-refractivity contribution in [1.82, 2.24) is 9.88 Å². The Balaban J connectivity index is 1.39. The Labute approximate surface area is 170 Å². The molecule has 0 saturated carbocycles. The number of hydrogen-bond donors (Lipinski definition) is 2. The second kappa shape index (κ2) is 8.38. The zero-order valence-corrected chi connectivity index (χ0v) is 16.9. The molecule has 0 atom stereocenters. The van der Waals surface area contributed by atoms with Gasteiger partial charge in [0.1, 0.15) is 0 Å². The van der Waals surface area contributed by atoms with Crippen molar-refractivity contribution in [3.63, 3.8) is 0 Å². The van der Waals surface area contributed by atoms with Crippen LogP contribution in [0.3, 0.4) is 0 Å². The highest BCUT2D eigenvalue weighted by atomic mass is 35.5. The first-order valence-corrected chi connectivity index (χ1v) is 10.4. The number of likely N-dealkylation sites (tertiary alicyclic amines) is 1. The number of aromatic nitrogens is 1. The largest absolute Gasteiger partial charge is 0.360 e. The van der Waals surface area contributed by atoms with Gasteiger partial charge in [0.25, 0.3) is 0 Å². The number of H-pyrrole nitrogens is 1. The number of nitrogens with one attached hydrogen (secondary N) is 2. The van der Waals surface area contributed by atoms with Gasteiger partial charge in [-0.15, -0.1) is 0 Å². The Morgan fingerprint density at radius 3 is 2.79 bits per heavy atom. The molecule has 1 aliphatic heterocycles. The van der Waals surface area contributed by atoms with E-state index in [0.29, 0.717) is 12.3 Å². The van der Waals surface area contributed by atoms with Gasteiger partial charge >= 0.3 is 0 Å². The molecule has 2 aromatic carbocycles. The molecule has 28 heavy (non-hydrogen) atoms. The minimum atomic E-state index is 0.0609. The number of aromatic amines is 1. The molecule has 0 radical (unpaired) electrons. The molecule has 0 bridgehead atoms. The number of anilines is 1. The number of para-hydroxylation sites is 1. The second-order valence-electron chi connectivity index (χ2n) is 7.55. The summed E-state index contributed by atoms with van der Waals surface area (Å²) >= 11 is 6.28. The maximum atomic E-state index is 11.6. The fourth-order valence-electron chi connectivity index (χ4n) is 4.09. The lowest BCUT2D eigenvalue weighted by atomic mass is 9.89. The van der Waals surface area contributed by atoms with E-state index in [1.807, 2.05) is 31.2 Å². The zero-order chi connectivity index (χ0) is 19.5. The lowest BCUT2D eigenvalue weighted by molar-refractivity contribution is -0.115. The second-order valence-corrected chi connectivity index (χ2v) is 7.96. The molecule has 4 rings (SSSR count). The first-order chi connectivity index (χ1) is 13.6. The van der Waals surface area contributed by atoms with E-state index in [9.17, 15) is 4.79 Å². The Morgan fingerprint density at radius 1 is 1.21 bits per heavy atom. The van der Waals surface area contributed by atoms with Crippen LogP contribution in [0.15, 0.2) is 48.7 Å². The van der Waals surface area contributed by atoms with Gasteiger partial charge in [-0.1, -0.05) is 42.8 Å². The van der Waals surface area contributed by atoms with Crippen LogP contribution in [0.4, 0.5) is 5.69 Å². The molecular weight excluding hydrogens is 370 g/mol. The van der Waals surface area contributed by atoms with Crippen LogP contribution < -0.4 is 5.32 Å². The smallest absolute Gasteiger partial charge is 0.224 e. The lowest BCUT2D eigenvalue weighted by Crippen LogP contribution is -2.32. The first-order valence-electron chi connectivity index (χ1n) is 10.0. The minimum absolute atomic E-state index is 0.0609. The van der Waals surface area contributed by atoms with Gasteiger partial charge in [-0.3, -0.25) is 9.69 Å². The summed E-state index contributed by atoms with van der Waals surface area (Å²) in [6, 6.07) is 14.4. The monoisotopic (exact) mass is 395 g/mol. The topological polar surface area (TPSA) is 48.1 Å². The van der Waals surface area contributed by atoms with E-state index in [2.05, 4.69) is 39.6 Å². The average Bonchev–Trinajstić information content (AvgIpc) is 3.13. The predicted octanol–water partition coefficient (Wildman–Crippen LogP) is 5.55. The molecule has 1 fully saturated rings. The van der Waals surface area contributed by atoms with Crippen LogP contribution in [0, 0.1) is 0 Å². The quantitative estimate of drug-likeness (QED) is 0.595. The number of hydrogen-bond acceptors (Lipinski definition) is 2. The molecule has 1 amide bonds. The van der Waals surface area contributed by atoms with Gasteiger partial charge in [0, 0.05) is 30.2 Å². The van der Waals surface area contributed by atoms with Crippen LogP contribution in [0.5, 0.6) is 0 Å². The number of fused-ring (bicyclic) bond motifs is 1. The summed E-state index contributed by atoms with van der Waals surface area (Å²) in [5.74, 6) is 0.609. The summed E-state index contributed by atoms with van der Waals surface area (Å²) in [6.45, 7) is 4.96. The van der Waals surface area contributed by atoms with Gasteiger partial charge in [-0.25, -0.2) is 0 Å². The molecule has 1 aromatic heterocycles. The van der Waals surface area contributed by atoms with E-state index >= 15 is 0 Å². The summed E-state index contributed by atoms with van der Waals surface area (Å²) in [4.78, 5) is 17.5. The van der Waals surface area contributed by atoms with Gasteiger partial charge in [-0.05, 0) is 61.2 Å². The number of rotatable bonds is 5. The molecule has 1 aliphatic rings. The first kappa shape index (κ1) is 19.0. The summed E-state index contributed by atoms with van der Waals surface area (Å²) in [5, 5.41) is 4.96. The van der Waals surface area contributed by atoms with Crippen LogP contribution >= 0.6 is 11.6 Å². The summed E-state index contributed by atoms with van der Waals surface area (Å²) in [6.07, 6.45) is 4.85. The van der Waals surface area contributed by atoms with Crippen LogP contribution in [0.1, 0.15) is 43.2 Å². The van der Waals surface area contributed by atoms with Crippen molar-refractivity contribution >= 4 is 34.1 Å². The van der Waals surface area contributed by atoms with E-state index in [0.717, 1.165) is 48.7 Å². The molecule has 146 valence electrons. The lowest BCUT2D eigenvalue weighted by Gasteiger charge is -2.32. The van der Waals surface area contributed by atoms with E-state index in [4.69, 9.17) is 11.6 Å². The fourth-order valence-corrected chi connectivity index (χ4v) is 4.32. The van der Waals surface area contributed by atoms with Crippen molar-refractivity contribution in [2.75, 3.05) is 18.4 Å². The van der Waals surface area contributed by atoms with Crippen molar-refractivity contribution in [3.05, 3.63) is 64.8 Å². The number of carbonyl (C=O) groups is 1. The minimum Gasteiger partial charge on any atom is -0.360 e. The van der Waals surface area contributed by atoms with Gasteiger partial charge in [0.2, 0.25) is 5.91 Å². The van der Waals surface area contributed by atoms with Crippen LogP contribution in [-0.4, -0.2) is 28.9 Å². The van der Waals surface area contributed by atoms with Crippen molar-refractivity contribution in [2.24, 2.45) is 0 Å². The van der Waals surface area contributed by atoms with E-state index < -0.39 is 0 Å². The molecular formula is C23H26ClN3O. The maximum Gasteiger partial charge on any atom is 0.224 e. The van der Waals surface area contributed by atoms with Crippen LogP contribution in [0.2, 0.25) is 5.02 Å². The molecule has 3 aromatic rings. The number of benzene rings is 2. The SMILES string of the molecule is CCC(=O)Nc1cccc(C2CCN(Cc3c[nH]c4c(Cl)cccc34)CC2)c1. The van der Waals surface area contributed by atoms with E-state index in [1.165, 1.54) is 16.5 Å². The van der Waals surface area contributed by atoms with Crippen molar-refractivity contribution in [2.45, 2.75) is 38.6 Å². The van der Waals surface area contributed by atoms with Crippen molar-refractivity contribution < 1.29 is 4.79 Å². The number of halogens is 1. The molecule has 0 unspecified atom stereocenters. The van der Waals surface area contributed by atoms with E-state index in [1.54, 1.807) is 0 Å². The van der Waals surface area contributed by atoms with E-state index in [-0.39, 0.29) is 5.91 Å². The third kappa shape index (κ3) is 4.08. The molecule has 2 heterocycles. The van der Waals surface area contributed by atoms with Crippen LogP contribution in [-0.2, 0) is 11.3 Å². The number of carbonyl (C=O) groups excluding carboxylic acids is 1. The molecule has 5 heteroatoms. The normalized spacial score (nSPS) is 15.8. The van der Waals surface area contributed by atoms with Gasteiger partial charge in [0.05, 0.1) is 10.5 Å². The van der Waals surface area contributed by atoms with Gasteiger partial charge < -0.3 is 10.3 Å². The molecule has 0 aliphatic carbocycles. The Bertz CT molecular complexity index is 973. The zero-order valence-electron chi connectivity index (χ0n) is 16.2. The van der Waals surface area contributed by atoms with Gasteiger partial charge in [-0.2, -0.15) is 0 Å². The molecule has 4 nitrogen and oxygen atoms in total. The summed E-state index contributed by atoms with van der Waals surface area (Å²) in [7, 11) is 0. The van der Waals surface area contributed by atoms with Crippen molar-refractivity contribution in [1.29, 1.82) is 0 Å². The third-order valence-corrected chi connectivity index (χ3v) is 6.01. The highest BCUT2D eigenvalue weighted by Crippen LogP contribution is 2.31. The highest BCUT2D eigenvalue weighted by Gasteiger charge is 2.22. The number of piperidine rings is 1.